The van der Waals surface area contributed by atoms with Gasteiger partial charge < -0.3 is 9.47 Å². The van der Waals surface area contributed by atoms with Crippen molar-refractivity contribution >= 4 is 23.8 Å². The summed E-state index contributed by atoms with van der Waals surface area (Å²) in [6.45, 7) is 1.87. The number of esters is 1. The average molecular weight is 448 g/mol. The van der Waals surface area contributed by atoms with Gasteiger partial charge in [-0.2, -0.15) is 11.8 Å². The van der Waals surface area contributed by atoms with Gasteiger partial charge in [-0.05, 0) is 18.1 Å². The molecule has 32 heavy (non-hydrogen) atoms. The molecule has 0 aromatic heterocycles. The Morgan fingerprint density at radius 3 is 2.12 bits per heavy atom. The summed E-state index contributed by atoms with van der Waals surface area (Å²) in [5.41, 5.74) is 1.62. The smallest absolute Gasteiger partial charge is 0.414 e. The van der Waals surface area contributed by atoms with Gasteiger partial charge in [-0.15, -0.1) is 0 Å². The molecular weight excluding hydrogens is 422 g/mol. The van der Waals surface area contributed by atoms with Crippen molar-refractivity contribution in [2.75, 3.05) is 5.75 Å². The van der Waals surface area contributed by atoms with Gasteiger partial charge in [-0.1, -0.05) is 91.0 Å². The SMILES string of the molecule is C[C@@]1(CSCc2ccccc2)C(=O)O[C@H](c2ccccc2)N1C(=O)OCc1ccccc1. The van der Waals surface area contributed by atoms with Crippen molar-refractivity contribution in [1.82, 2.24) is 4.90 Å². The molecule has 164 valence electrons. The summed E-state index contributed by atoms with van der Waals surface area (Å²) in [5, 5.41) is 0. The van der Waals surface area contributed by atoms with Crippen LogP contribution < -0.4 is 0 Å². The van der Waals surface area contributed by atoms with E-state index in [0.29, 0.717) is 5.75 Å². The molecule has 2 atom stereocenters. The Labute approximate surface area is 192 Å². The monoisotopic (exact) mass is 447 g/mol. The first-order valence-corrected chi connectivity index (χ1v) is 11.6. The highest BCUT2D eigenvalue weighted by atomic mass is 32.2. The molecule has 0 aliphatic carbocycles. The summed E-state index contributed by atoms with van der Waals surface area (Å²) in [6.07, 6.45) is -1.40. The molecule has 0 bridgehead atoms. The van der Waals surface area contributed by atoms with Crippen LogP contribution in [0, 0.1) is 0 Å². The molecule has 1 amide bonds. The highest BCUT2D eigenvalue weighted by molar-refractivity contribution is 7.98. The molecule has 0 radical (unpaired) electrons. The maximum absolute atomic E-state index is 13.3. The normalized spacial score (nSPS) is 20.1. The van der Waals surface area contributed by atoms with Crippen LogP contribution >= 0.6 is 11.8 Å². The van der Waals surface area contributed by atoms with Crippen molar-refractivity contribution in [2.45, 2.75) is 31.1 Å². The Balaban J connectivity index is 1.54. The molecule has 1 aliphatic rings. The van der Waals surface area contributed by atoms with Crippen LogP contribution in [-0.4, -0.2) is 28.3 Å². The molecule has 4 rings (SSSR count). The van der Waals surface area contributed by atoms with Crippen LogP contribution in [0.25, 0.3) is 0 Å². The standard InChI is InChI=1S/C26H25NO4S/c1-26(19-32-18-21-13-7-3-8-14-21)24(28)31-23(22-15-9-4-10-16-22)27(26)25(29)30-17-20-11-5-2-6-12-20/h2-16,23H,17-19H2,1H3/t23-,26-/m1/s1. The van der Waals surface area contributed by atoms with Crippen LogP contribution in [0.1, 0.15) is 29.8 Å². The van der Waals surface area contributed by atoms with E-state index >= 15 is 0 Å². The Kier molecular flexibility index (Phi) is 6.81. The molecule has 0 spiro atoms. The van der Waals surface area contributed by atoms with Crippen LogP contribution in [0.3, 0.4) is 0 Å². The molecule has 1 heterocycles. The van der Waals surface area contributed by atoms with E-state index in [0.717, 1.165) is 22.4 Å². The second-order valence-corrected chi connectivity index (χ2v) is 8.82. The van der Waals surface area contributed by atoms with Gasteiger partial charge in [0, 0.05) is 17.1 Å². The largest absolute Gasteiger partial charge is 0.444 e. The maximum Gasteiger partial charge on any atom is 0.414 e. The second-order valence-electron chi connectivity index (χ2n) is 7.83. The van der Waals surface area contributed by atoms with E-state index in [1.54, 1.807) is 18.7 Å². The second kappa shape index (κ2) is 9.92. The van der Waals surface area contributed by atoms with Gasteiger partial charge in [-0.25, -0.2) is 9.59 Å². The molecule has 6 heteroatoms. The number of hydrogen-bond donors (Lipinski definition) is 0. The summed E-state index contributed by atoms with van der Waals surface area (Å²) >= 11 is 1.59. The number of ether oxygens (including phenoxy) is 2. The topological polar surface area (TPSA) is 55.8 Å². The summed E-state index contributed by atoms with van der Waals surface area (Å²) in [4.78, 5) is 27.7. The molecular formula is C26H25NO4S. The molecule has 0 unspecified atom stereocenters. The van der Waals surface area contributed by atoms with Gasteiger partial charge in [0.15, 0.2) is 5.54 Å². The molecule has 0 N–H and O–H groups in total. The number of carbonyl (C=O) groups excluding carboxylic acids is 2. The highest BCUT2D eigenvalue weighted by Gasteiger charge is 2.55. The van der Waals surface area contributed by atoms with Crippen molar-refractivity contribution in [2.24, 2.45) is 0 Å². The zero-order valence-corrected chi connectivity index (χ0v) is 18.7. The number of nitrogens with zero attached hydrogens (tertiary/aromatic N) is 1. The van der Waals surface area contributed by atoms with Crippen LogP contribution in [0.15, 0.2) is 91.0 Å². The Hall–Kier alpha value is -3.25. The van der Waals surface area contributed by atoms with Gasteiger partial charge in [0.2, 0.25) is 6.23 Å². The predicted octanol–water partition coefficient (Wildman–Crippen LogP) is 5.57. The third-order valence-corrected chi connectivity index (χ3v) is 6.71. The summed E-state index contributed by atoms with van der Waals surface area (Å²) in [7, 11) is 0. The summed E-state index contributed by atoms with van der Waals surface area (Å²) < 4.78 is 11.3. The number of carbonyl (C=O) groups is 2. The lowest BCUT2D eigenvalue weighted by atomic mass is 10.0. The molecule has 0 saturated carbocycles. The van der Waals surface area contributed by atoms with E-state index in [4.69, 9.17) is 9.47 Å². The number of amides is 1. The maximum atomic E-state index is 13.3. The Bertz CT molecular complexity index is 1050. The quantitative estimate of drug-likeness (QED) is 0.443. The minimum atomic E-state index is -1.15. The molecule has 5 nitrogen and oxygen atoms in total. The Morgan fingerprint density at radius 2 is 1.50 bits per heavy atom. The molecule has 1 saturated heterocycles. The van der Waals surface area contributed by atoms with Crippen LogP contribution in [0.4, 0.5) is 4.79 Å². The third kappa shape index (κ3) is 4.81. The first-order valence-electron chi connectivity index (χ1n) is 10.5. The highest BCUT2D eigenvalue weighted by Crippen LogP contribution is 2.41. The van der Waals surface area contributed by atoms with Crippen molar-refractivity contribution in [3.8, 4) is 0 Å². The zero-order valence-electron chi connectivity index (χ0n) is 17.8. The lowest BCUT2D eigenvalue weighted by Crippen LogP contribution is -2.51. The van der Waals surface area contributed by atoms with E-state index in [-0.39, 0.29) is 6.61 Å². The number of cyclic esters (lactones) is 1. The summed E-state index contributed by atoms with van der Waals surface area (Å²) in [5.74, 6) is 0.695. The van der Waals surface area contributed by atoms with E-state index in [9.17, 15) is 9.59 Å². The molecule has 1 fully saturated rings. The van der Waals surface area contributed by atoms with E-state index in [1.807, 2.05) is 91.0 Å². The van der Waals surface area contributed by atoms with Crippen molar-refractivity contribution in [3.05, 3.63) is 108 Å². The number of hydrogen-bond acceptors (Lipinski definition) is 5. The van der Waals surface area contributed by atoms with Gasteiger partial charge in [-0.3, -0.25) is 4.90 Å². The van der Waals surface area contributed by atoms with Crippen molar-refractivity contribution < 1.29 is 19.1 Å². The van der Waals surface area contributed by atoms with Crippen LogP contribution in [0.5, 0.6) is 0 Å². The number of rotatable bonds is 7. The molecule has 3 aromatic rings. The minimum Gasteiger partial charge on any atom is -0.444 e. The lowest BCUT2D eigenvalue weighted by molar-refractivity contribution is -0.144. The summed E-state index contributed by atoms with van der Waals surface area (Å²) in [6, 6.07) is 28.8. The zero-order chi connectivity index (χ0) is 22.4. The molecule has 3 aromatic carbocycles. The first kappa shape index (κ1) is 22.0. The van der Waals surface area contributed by atoms with E-state index < -0.39 is 23.8 Å². The van der Waals surface area contributed by atoms with Gasteiger partial charge >= 0.3 is 12.1 Å². The minimum absolute atomic E-state index is 0.124. The third-order valence-electron chi connectivity index (χ3n) is 5.41. The van der Waals surface area contributed by atoms with Gasteiger partial charge in [0.1, 0.15) is 6.61 Å². The lowest BCUT2D eigenvalue weighted by Gasteiger charge is -2.32. The number of benzene rings is 3. The van der Waals surface area contributed by atoms with Gasteiger partial charge in [0.05, 0.1) is 0 Å². The number of thioether (sulfide) groups is 1. The van der Waals surface area contributed by atoms with Crippen LogP contribution in [0.2, 0.25) is 0 Å². The van der Waals surface area contributed by atoms with Crippen molar-refractivity contribution in [1.29, 1.82) is 0 Å². The fraction of sp³-hybridized carbons (Fsp3) is 0.231. The first-order chi connectivity index (χ1) is 15.6. The predicted molar refractivity (Wildman–Crippen MR) is 125 cm³/mol. The van der Waals surface area contributed by atoms with E-state index in [2.05, 4.69) is 0 Å². The fourth-order valence-electron chi connectivity index (χ4n) is 3.63. The average Bonchev–Trinajstić information content (AvgIpc) is 3.10. The van der Waals surface area contributed by atoms with Gasteiger partial charge in [0.25, 0.3) is 0 Å². The van der Waals surface area contributed by atoms with Crippen molar-refractivity contribution in [3.63, 3.8) is 0 Å². The van der Waals surface area contributed by atoms with Crippen LogP contribution in [-0.2, 0) is 26.6 Å². The molecule has 1 aliphatic heterocycles. The Morgan fingerprint density at radius 1 is 0.938 bits per heavy atom. The fourth-order valence-corrected chi connectivity index (χ4v) is 4.81. The van der Waals surface area contributed by atoms with E-state index in [1.165, 1.54) is 4.90 Å².